The number of nitrogens with one attached hydrogen (secondary N) is 1. The number of carbonyl (C=O) groups excluding carboxylic acids is 1. The minimum absolute atomic E-state index is 0.115. The molecule has 0 aliphatic rings. The first-order valence-corrected chi connectivity index (χ1v) is 14.0. The van der Waals surface area contributed by atoms with Crippen molar-refractivity contribution < 1.29 is 19.4 Å². The minimum atomic E-state index is -1.34. The Labute approximate surface area is 235 Å². The topological polar surface area (TPSA) is 96.7 Å². The van der Waals surface area contributed by atoms with Crippen molar-refractivity contribution in [2.45, 2.75) is 58.9 Å². The Balaban J connectivity index is 1.68. The van der Waals surface area contributed by atoms with Gasteiger partial charge in [0.1, 0.15) is 11.6 Å². The number of anilines is 1. The Kier molecular flexibility index (Phi) is 9.78. The zero-order valence-electron chi connectivity index (χ0n) is 23.5. The molecular weight excluding hydrogens is 504 g/mol. The molecule has 0 radical (unpaired) electrons. The summed E-state index contributed by atoms with van der Waals surface area (Å²) in [5.74, 6) is 1.33. The summed E-state index contributed by atoms with van der Waals surface area (Å²) in [5.41, 5.74) is 5.45. The van der Waals surface area contributed by atoms with Crippen LogP contribution in [-0.2, 0) is 13.0 Å². The summed E-state index contributed by atoms with van der Waals surface area (Å²) >= 11 is 0. The molecule has 210 valence electrons. The van der Waals surface area contributed by atoms with Crippen molar-refractivity contribution in [3.63, 3.8) is 0 Å². The number of carbonyl (C=O) groups is 2. The van der Waals surface area contributed by atoms with Crippen molar-refractivity contribution in [2.24, 2.45) is 0 Å². The number of hydrogen-bond acceptors (Lipinski definition) is 4. The highest BCUT2D eigenvalue weighted by molar-refractivity contribution is 5.94. The summed E-state index contributed by atoms with van der Waals surface area (Å²) in [4.78, 5) is 30.6. The van der Waals surface area contributed by atoms with E-state index in [2.05, 4.69) is 29.8 Å². The smallest absolute Gasteiger partial charge is 0.449 e. The molecule has 0 saturated heterocycles. The zero-order valence-corrected chi connectivity index (χ0v) is 23.5. The molecule has 8 heteroatoms. The lowest BCUT2D eigenvalue weighted by Gasteiger charge is -2.22. The fourth-order valence-corrected chi connectivity index (χ4v) is 4.89. The lowest BCUT2D eigenvalue weighted by molar-refractivity contribution is 0.144. The molecule has 0 atom stereocenters. The SMILES string of the molecule is CCCCCN(C(=O)NC)c1ccc2nc(CCCC)n(Cc3ccc(-c4ccccc4OC(=O)O)cc3)c2c1. The van der Waals surface area contributed by atoms with E-state index >= 15 is 0 Å². The third kappa shape index (κ3) is 6.81. The van der Waals surface area contributed by atoms with Gasteiger partial charge in [0.15, 0.2) is 0 Å². The van der Waals surface area contributed by atoms with Crippen LogP contribution in [0.1, 0.15) is 57.3 Å². The molecule has 3 aromatic carbocycles. The summed E-state index contributed by atoms with van der Waals surface area (Å²) < 4.78 is 7.22. The third-order valence-electron chi connectivity index (χ3n) is 7.01. The van der Waals surface area contributed by atoms with E-state index < -0.39 is 6.16 Å². The molecule has 0 bridgehead atoms. The third-order valence-corrected chi connectivity index (χ3v) is 7.01. The predicted octanol–water partition coefficient (Wildman–Crippen LogP) is 7.49. The van der Waals surface area contributed by atoms with Crippen LogP contribution in [-0.4, -0.2) is 40.4 Å². The van der Waals surface area contributed by atoms with Crippen LogP contribution in [0.2, 0.25) is 0 Å². The number of nitrogens with zero attached hydrogens (tertiary/aromatic N) is 3. The molecule has 2 N–H and O–H groups in total. The maximum atomic E-state index is 12.7. The normalized spacial score (nSPS) is 11.0. The van der Waals surface area contributed by atoms with E-state index in [1.54, 1.807) is 19.2 Å². The molecule has 0 aliphatic carbocycles. The van der Waals surface area contributed by atoms with Crippen LogP contribution in [0, 0.1) is 0 Å². The highest BCUT2D eigenvalue weighted by atomic mass is 16.7. The largest absolute Gasteiger partial charge is 0.511 e. The Hall–Kier alpha value is -4.33. The Morgan fingerprint density at radius 3 is 2.42 bits per heavy atom. The van der Waals surface area contributed by atoms with Crippen molar-refractivity contribution >= 4 is 28.9 Å². The first-order chi connectivity index (χ1) is 19.4. The Morgan fingerprint density at radius 2 is 1.73 bits per heavy atom. The second-order valence-electron chi connectivity index (χ2n) is 9.87. The van der Waals surface area contributed by atoms with Crippen molar-refractivity contribution in [1.82, 2.24) is 14.9 Å². The molecule has 8 nitrogen and oxygen atoms in total. The van der Waals surface area contributed by atoms with Crippen molar-refractivity contribution in [2.75, 3.05) is 18.5 Å². The zero-order chi connectivity index (χ0) is 28.5. The lowest BCUT2D eigenvalue weighted by atomic mass is 10.0. The van der Waals surface area contributed by atoms with Crippen LogP contribution in [0.5, 0.6) is 5.75 Å². The van der Waals surface area contributed by atoms with Crippen molar-refractivity contribution in [3.8, 4) is 16.9 Å². The van der Waals surface area contributed by atoms with Crippen LogP contribution in [0.15, 0.2) is 66.7 Å². The number of para-hydroxylation sites is 1. The van der Waals surface area contributed by atoms with E-state index in [-0.39, 0.29) is 6.03 Å². The molecule has 0 spiro atoms. The number of hydrogen-bond donors (Lipinski definition) is 2. The maximum Gasteiger partial charge on any atom is 0.511 e. The summed E-state index contributed by atoms with van der Waals surface area (Å²) in [5, 5.41) is 11.9. The predicted molar refractivity (Wildman–Crippen MR) is 159 cm³/mol. The first-order valence-electron chi connectivity index (χ1n) is 14.0. The number of amides is 2. The average Bonchev–Trinajstić information content (AvgIpc) is 3.30. The Bertz CT molecular complexity index is 1450. The minimum Gasteiger partial charge on any atom is -0.449 e. The van der Waals surface area contributed by atoms with E-state index in [1.165, 1.54) is 0 Å². The Morgan fingerprint density at radius 1 is 0.975 bits per heavy atom. The van der Waals surface area contributed by atoms with Crippen LogP contribution in [0.4, 0.5) is 15.3 Å². The molecule has 1 heterocycles. The molecule has 0 unspecified atom stereocenters. The molecular formula is C32H38N4O4. The van der Waals surface area contributed by atoms with Gasteiger partial charge in [0.2, 0.25) is 0 Å². The van der Waals surface area contributed by atoms with Crippen LogP contribution in [0.25, 0.3) is 22.2 Å². The van der Waals surface area contributed by atoms with Crippen LogP contribution in [0.3, 0.4) is 0 Å². The van der Waals surface area contributed by atoms with E-state index in [1.807, 2.05) is 53.4 Å². The highest BCUT2D eigenvalue weighted by Crippen LogP contribution is 2.31. The quantitative estimate of drug-likeness (QED) is 0.110. The van der Waals surface area contributed by atoms with E-state index in [0.29, 0.717) is 18.8 Å². The van der Waals surface area contributed by atoms with Gasteiger partial charge in [0, 0.05) is 37.8 Å². The first kappa shape index (κ1) is 28.7. The number of benzene rings is 3. The second kappa shape index (κ2) is 13.6. The summed E-state index contributed by atoms with van der Waals surface area (Å²) in [6, 6.07) is 21.1. The van der Waals surface area contributed by atoms with Gasteiger partial charge in [-0.1, -0.05) is 75.6 Å². The standard InChI is InChI=1S/C32H38N4O4/c1-4-6-10-20-35(31(37)33-3)25-18-19-27-28(21-25)36(30(34-27)13-7-5-2)22-23-14-16-24(17-15-23)26-11-8-9-12-29(26)40-32(38)39/h8-9,11-12,14-19,21H,4-7,10,13,20,22H2,1-3H3,(H,33,37)(H,38,39). The molecule has 1 aromatic heterocycles. The fraction of sp³-hybridized carbons (Fsp3) is 0.344. The summed E-state index contributed by atoms with van der Waals surface area (Å²) in [6.45, 7) is 5.61. The van der Waals surface area contributed by atoms with Crippen LogP contribution >= 0.6 is 0 Å². The van der Waals surface area contributed by atoms with Crippen LogP contribution < -0.4 is 15.0 Å². The van der Waals surface area contributed by atoms with Crippen molar-refractivity contribution in [3.05, 3.63) is 78.1 Å². The van der Waals surface area contributed by atoms with E-state index in [0.717, 1.165) is 77.8 Å². The number of urea groups is 1. The van der Waals surface area contributed by atoms with Gasteiger partial charge in [-0.15, -0.1) is 0 Å². The molecule has 2 amide bonds. The monoisotopic (exact) mass is 542 g/mol. The number of unbranched alkanes of at least 4 members (excludes halogenated alkanes) is 3. The molecule has 4 aromatic rings. The van der Waals surface area contributed by atoms with Crippen molar-refractivity contribution in [1.29, 1.82) is 0 Å². The van der Waals surface area contributed by atoms with Gasteiger partial charge in [-0.3, -0.25) is 4.90 Å². The molecule has 4 rings (SSSR count). The van der Waals surface area contributed by atoms with Gasteiger partial charge in [-0.2, -0.15) is 0 Å². The van der Waals surface area contributed by atoms with Gasteiger partial charge >= 0.3 is 12.2 Å². The molecule has 40 heavy (non-hydrogen) atoms. The number of rotatable bonds is 12. The number of carboxylic acid groups (broad SMARTS) is 1. The number of imidazole rings is 1. The number of aryl methyl sites for hydroxylation is 1. The van der Waals surface area contributed by atoms with Gasteiger partial charge in [-0.05, 0) is 48.2 Å². The van der Waals surface area contributed by atoms with Gasteiger partial charge in [0.25, 0.3) is 0 Å². The molecule has 0 saturated carbocycles. The summed E-state index contributed by atoms with van der Waals surface area (Å²) in [6.07, 6.45) is 4.74. The average molecular weight is 543 g/mol. The molecule has 0 aliphatic heterocycles. The van der Waals surface area contributed by atoms with Gasteiger partial charge < -0.3 is 19.7 Å². The maximum absolute atomic E-state index is 12.7. The number of ether oxygens (including phenoxy) is 1. The van der Waals surface area contributed by atoms with Gasteiger partial charge in [0.05, 0.1) is 11.0 Å². The highest BCUT2D eigenvalue weighted by Gasteiger charge is 2.18. The molecule has 0 fully saturated rings. The lowest BCUT2D eigenvalue weighted by Crippen LogP contribution is -2.38. The summed E-state index contributed by atoms with van der Waals surface area (Å²) in [7, 11) is 1.66. The van der Waals surface area contributed by atoms with E-state index in [9.17, 15) is 9.59 Å². The second-order valence-corrected chi connectivity index (χ2v) is 9.87. The van der Waals surface area contributed by atoms with Gasteiger partial charge in [-0.25, -0.2) is 14.6 Å². The fourth-order valence-electron chi connectivity index (χ4n) is 4.89. The van der Waals surface area contributed by atoms with E-state index in [4.69, 9.17) is 14.8 Å². The number of aromatic nitrogens is 2. The number of fused-ring (bicyclic) bond motifs is 1.